The normalized spacial score (nSPS) is 17.8. The third-order valence-electron chi connectivity index (χ3n) is 4.11. The lowest BCUT2D eigenvalue weighted by molar-refractivity contribution is -0.104. The highest BCUT2D eigenvalue weighted by Gasteiger charge is 2.25. The molecule has 138 valence electrons. The highest BCUT2D eigenvalue weighted by Crippen LogP contribution is 2.33. The first-order chi connectivity index (χ1) is 11.9. The van der Waals surface area contributed by atoms with Crippen LogP contribution in [0.3, 0.4) is 0 Å². The number of rotatable bonds is 5. The van der Waals surface area contributed by atoms with Crippen molar-refractivity contribution in [2.45, 2.75) is 26.9 Å². The lowest BCUT2D eigenvalue weighted by Gasteiger charge is -2.37. The number of carbonyl (C=O) groups excluding carboxylic acids is 1. The van der Waals surface area contributed by atoms with Crippen LogP contribution in [0.1, 0.15) is 20.8 Å². The van der Waals surface area contributed by atoms with Crippen LogP contribution in [0.4, 0.5) is 0 Å². The lowest BCUT2D eigenvalue weighted by atomic mass is 9.98. The van der Waals surface area contributed by atoms with Crippen molar-refractivity contribution in [3.8, 4) is 0 Å². The fourth-order valence-electron chi connectivity index (χ4n) is 2.49. The molecule has 2 aliphatic rings. The molecule has 2 rings (SSSR count). The van der Waals surface area contributed by atoms with Gasteiger partial charge in [0, 0.05) is 37.7 Å². The first-order valence-corrected chi connectivity index (χ1v) is 8.40. The van der Waals surface area contributed by atoms with Crippen LogP contribution in [0.15, 0.2) is 60.3 Å². The fourth-order valence-corrected chi connectivity index (χ4v) is 2.49. The largest absolute Gasteiger partial charge is 0.382 e. The van der Waals surface area contributed by atoms with Gasteiger partial charge in [-0.2, -0.15) is 0 Å². The van der Waals surface area contributed by atoms with Crippen molar-refractivity contribution in [2.75, 3.05) is 33.4 Å². The van der Waals surface area contributed by atoms with E-state index in [2.05, 4.69) is 24.6 Å². The second-order valence-electron chi connectivity index (χ2n) is 6.07. The number of morpholine rings is 1. The summed E-state index contributed by atoms with van der Waals surface area (Å²) in [4.78, 5) is 15.2. The van der Waals surface area contributed by atoms with Crippen LogP contribution in [-0.2, 0) is 14.3 Å². The Balaban J connectivity index is 0.000000550. The number of nitrogens with zero attached hydrogens (tertiary/aromatic N) is 2. The van der Waals surface area contributed by atoms with E-state index in [9.17, 15) is 4.79 Å². The minimum Gasteiger partial charge on any atom is -0.382 e. The highest BCUT2D eigenvalue weighted by molar-refractivity contribution is 5.83. The van der Waals surface area contributed by atoms with Gasteiger partial charge in [0.2, 0.25) is 0 Å². The topological polar surface area (TPSA) is 42.0 Å². The molecule has 25 heavy (non-hydrogen) atoms. The molecule has 1 fully saturated rings. The van der Waals surface area contributed by atoms with Crippen LogP contribution in [0.2, 0.25) is 0 Å². The molecular formula is C20H30N2O3. The van der Waals surface area contributed by atoms with E-state index in [0.717, 1.165) is 42.0 Å². The first kappa shape index (κ1) is 20.9. The average molecular weight is 346 g/mol. The monoisotopic (exact) mass is 346 g/mol. The fraction of sp³-hybridized carbons (Fsp3) is 0.450. The third-order valence-corrected chi connectivity index (χ3v) is 4.11. The lowest BCUT2D eigenvalue weighted by Crippen LogP contribution is -2.38. The van der Waals surface area contributed by atoms with E-state index >= 15 is 0 Å². The Morgan fingerprint density at radius 1 is 1.36 bits per heavy atom. The van der Waals surface area contributed by atoms with Crippen LogP contribution >= 0.6 is 0 Å². The SMILES string of the molecule is C=CN1C(=C)C=C(C=O)C(C)=C1C(=C)N1CCOCC1.COC(C)C. The molecule has 0 aromatic rings. The summed E-state index contributed by atoms with van der Waals surface area (Å²) in [5, 5.41) is 0. The molecule has 0 amide bonds. The molecule has 0 N–H and O–H groups in total. The van der Waals surface area contributed by atoms with Crippen LogP contribution < -0.4 is 0 Å². The van der Waals surface area contributed by atoms with Gasteiger partial charge in [0.1, 0.15) is 6.29 Å². The number of ether oxygens (including phenoxy) is 2. The number of methoxy groups -OCH3 is 1. The maximum Gasteiger partial charge on any atom is 0.150 e. The number of hydrogen-bond acceptors (Lipinski definition) is 5. The molecule has 5 nitrogen and oxygen atoms in total. The molecule has 0 unspecified atom stereocenters. The maximum atomic E-state index is 11.2. The molecule has 1 saturated heterocycles. The van der Waals surface area contributed by atoms with Gasteiger partial charge in [-0.15, -0.1) is 0 Å². The maximum absolute atomic E-state index is 11.2. The molecule has 0 bridgehead atoms. The van der Waals surface area contributed by atoms with Crippen LogP contribution in [0.5, 0.6) is 0 Å². The van der Waals surface area contributed by atoms with Gasteiger partial charge in [0.25, 0.3) is 0 Å². The van der Waals surface area contributed by atoms with Gasteiger partial charge in [0.05, 0.1) is 30.7 Å². The van der Waals surface area contributed by atoms with Gasteiger partial charge < -0.3 is 19.3 Å². The second kappa shape index (κ2) is 10.0. The smallest absolute Gasteiger partial charge is 0.150 e. The molecule has 0 atom stereocenters. The highest BCUT2D eigenvalue weighted by atomic mass is 16.5. The Hall–Kier alpha value is -2.11. The van der Waals surface area contributed by atoms with E-state index in [1.54, 1.807) is 19.4 Å². The van der Waals surface area contributed by atoms with Crippen molar-refractivity contribution in [3.05, 3.63) is 60.3 Å². The number of hydrogen-bond donors (Lipinski definition) is 0. The van der Waals surface area contributed by atoms with Crippen molar-refractivity contribution in [1.29, 1.82) is 0 Å². The van der Waals surface area contributed by atoms with Crippen molar-refractivity contribution >= 4 is 6.29 Å². The Labute approximate surface area is 151 Å². The Morgan fingerprint density at radius 2 is 1.92 bits per heavy atom. The van der Waals surface area contributed by atoms with E-state index < -0.39 is 0 Å². The summed E-state index contributed by atoms with van der Waals surface area (Å²) in [5.74, 6) is 0. The number of allylic oxidation sites excluding steroid dienone is 3. The van der Waals surface area contributed by atoms with E-state index in [1.165, 1.54) is 0 Å². The van der Waals surface area contributed by atoms with Gasteiger partial charge in [-0.3, -0.25) is 4.79 Å². The van der Waals surface area contributed by atoms with E-state index in [4.69, 9.17) is 9.47 Å². The number of aldehydes is 1. The summed E-state index contributed by atoms with van der Waals surface area (Å²) in [5.41, 5.74) is 4.01. The molecule has 0 aromatic heterocycles. The standard InChI is InChI=1S/C16H20N2O2.C4H10O/c1-5-18-12(2)10-15(11-19)13(3)16(18)14(4)17-6-8-20-9-7-17;1-4(2)5-3/h5,10-11H,1-2,4,6-9H2,3H3;4H,1-3H3. The van der Waals surface area contributed by atoms with Crippen LogP contribution in [0.25, 0.3) is 0 Å². The third kappa shape index (κ3) is 5.44. The summed E-state index contributed by atoms with van der Waals surface area (Å²) >= 11 is 0. The summed E-state index contributed by atoms with van der Waals surface area (Å²) in [7, 11) is 1.70. The Kier molecular flexibility index (Phi) is 8.38. The molecule has 0 radical (unpaired) electrons. The zero-order valence-corrected chi connectivity index (χ0v) is 15.9. The van der Waals surface area contributed by atoms with Crippen LogP contribution in [0, 0.1) is 0 Å². The van der Waals surface area contributed by atoms with Gasteiger partial charge in [-0.05, 0) is 32.4 Å². The van der Waals surface area contributed by atoms with Crippen molar-refractivity contribution in [2.24, 2.45) is 0 Å². The summed E-state index contributed by atoms with van der Waals surface area (Å²) in [6, 6.07) is 0. The second-order valence-corrected chi connectivity index (χ2v) is 6.07. The molecular weight excluding hydrogens is 316 g/mol. The Bertz CT molecular complexity index is 582. The van der Waals surface area contributed by atoms with Gasteiger partial charge in [-0.1, -0.05) is 19.7 Å². The molecule has 0 spiro atoms. The van der Waals surface area contributed by atoms with E-state index in [1.807, 2.05) is 25.7 Å². The van der Waals surface area contributed by atoms with Gasteiger partial charge >= 0.3 is 0 Å². The zero-order chi connectivity index (χ0) is 19.0. The van der Waals surface area contributed by atoms with E-state index in [-0.39, 0.29) is 0 Å². The first-order valence-electron chi connectivity index (χ1n) is 8.40. The molecule has 0 saturated carbocycles. The minimum atomic E-state index is 0.384. The molecule has 0 aliphatic carbocycles. The zero-order valence-electron chi connectivity index (χ0n) is 15.9. The predicted molar refractivity (Wildman–Crippen MR) is 102 cm³/mol. The molecule has 2 heterocycles. The van der Waals surface area contributed by atoms with Crippen molar-refractivity contribution in [1.82, 2.24) is 9.80 Å². The minimum absolute atomic E-state index is 0.384. The van der Waals surface area contributed by atoms with Crippen molar-refractivity contribution in [3.63, 3.8) is 0 Å². The van der Waals surface area contributed by atoms with Gasteiger partial charge in [-0.25, -0.2) is 0 Å². The average Bonchev–Trinajstić information content (AvgIpc) is 2.63. The Morgan fingerprint density at radius 3 is 2.36 bits per heavy atom. The predicted octanol–water partition coefficient (Wildman–Crippen LogP) is 3.25. The van der Waals surface area contributed by atoms with Crippen LogP contribution in [-0.4, -0.2) is 55.6 Å². The summed E-state index contributed by atoms with van der Waals surface area (Å²) < 4.78 is 10.1. The quantitative estimate of drug-likeness (QED) is 0.715. The van der Waals surface area contributed by atoms with E-state index in [0.29, 0.717) is 24.9 Å². The number of carbonyl (C=O) groups is 1. The summed E-state index contributed by atoms with van der Waals surface area (Å²) in [6.07, 6.45) is 4.70. The van der Waals surface area contributed by atoms with Crippen molar-refractivity contribution < 1.29 is 14.3 Å². The molecule has 5 heteroatoms. The van der Waals surface area contributed by atoms with Gasteiger partial charge in [0.15, 0.2) is 0 Å². The molecule has 2 aliphatic heterocycles. The molecule has 0 aromatic carbocycles. The summed E-state index contributed by atoms with van der Waals surface area (Å²) in [6.45, 7) is 20.9.